The Hall–Kier alpha value is -1.44. The van der Waals surface area contributed by atoms with E-state index in [0.29, 0.717) is 24.5 Å². The number of rotatable bonds is 2. The van der Waals surface area contributed by atoms with Gasteiger partial charge in [0.25, 0.3) is 0 Å². The highest BCUT2D eigenvalue weighted by atomic mass is 16.6. The van der Waals surface area contributed by atoms with Crippen LogP contribution in [0.4, 0.5) is 0 Å². The van der Waals surface area contributed by atoms with E-state index in [0.717, 1.165) is 6.42 Å². The summed E-state index contributed by atoms with van der Waals surface area (Å²) in [6.07, 6.45) is -0.711. The van der Waals surface area contributed by atoms with Crippen molar-refractivity contribution in [3.63, 3.8) is 0 Å². The molecule has 1 N–H and O–H groups in total. The third-order valence-corrected chi connectivity index (χ3v) is 8.20. The summed E-state index contributed by atoms with van der Waals surface area (Å²) in [5, 5.41) is 10.9. The van der Waals surface area contributed by atoms with Gasteiger partial charge in [0, 0.05) is 32.1 Å². The third-order valence-electron chi connectivity index (χ3n) is 8.20. The van der Waals surface area contributed by atoms with Gasteiger partial charge in [-0.3, -0.25) is 9.59 Å². The molecule has 174 valence electrons. The summed E-state index contributed by atoms with van der Waals surface area (Å²) in [5.41, 5.74) is -0.270. The Labute approximate surface area is 184 Å². The lowest BCUT2D eigenvalue weighted by molar-refractivity contribution is -0.204. The number of aliphatic hydroxyl groups excluding tert-OH is 1. The van der Waals surface area contributed by atoms with Gasteiger partial charge >= 0.3 is 11.9 Å². The first-order chi connectivity index (χ1) is 14.5. The fourth-order valence-corrected chi connectivity index (χ4v) is 6.72. The highest BCUT2D eigenvalue weighted by molar-refractivity contribution is 5.66. The molecule has 0 aromatic heterocycles. The number of esters is 2. The Morgan fingerprint density at radius 2 is 1.77 bits per heavy atom. The lowest BCUT2D eigenvalue weighted by Gasteiger charge is -2.47. The molecule has 0 aromatic rings. The van der Waals surface area contributed by atoms with Gasteiger partial charge in [-0.15, -0.1) is 0 Å². The number of fused-ring (bicyclic) bond motifs is 2. The van der Waals surface area contributed by atoms with E-state index in [1.54, 1.807) is 0 Å². The lowest BCUT2D eigenvalue weighted by atomic mass is 9.59. The summed E-state index contributed by atoms with van der Waals surface area (Å²) >= 11 is 0. The smallest absolute Gasteiger partial charge is 0.303 e. The van der Waals surface area contributed by atoms with Crippen molar-refractivity contribution in [2.24, 2.45) is 29.6 Å². The number of ether oxygens (including phenoxy) is 4. The van der Waals surface area contributed by atoms with Gasteiger partial charge in [-0.25, -0.2) is 0 Å². The van der Waals surface area contributed by atoms with E-state index in [4.69, 9.17) is 18.9 Å². The fraction of sp³-hybridized carbons (Fsp3) is 0.833. The SMILES string of the molecule is C=C1C[C@@H]2O[C@H]3[C@H]4C(C[C@@H](C)[C@@H](OC(C)=O)[C@H]42)[C@@H](C)CO[C@@]3(C)[C@H](OC(C)=O)C[C@H]1O. The molecule has 11 atom stereocenters. The van der Waals surface area contributed by atoms with Crippen LogP contribution in [0.15, 0.2) is 12.2 Å². The molecule has 31 heavy (non-hydrogen) atoms. The molecule has 3 aliphatic heterocycles. The van der Waals surface area contributed by atoms with Crippen LogP contribution in [0.25, 0.3) is 0 Å². The van der Waals surface area contributed by atoms with Gasteiger partial charge in [-0.05, 0) is 43.1 Å². The standard InChI is InChI=1S/C24H36O7/c1-11-8-18-21-20-16(7-12(2)22(21)30-15(5)26)13(3)10-28-24(6,23(20)31-18)19(9-17(11)27)29-14(4)25/h12-13,16-23,27H,1,7-10H2,2-6H3/t12-,13+,16?,17-,18+,19-,20+,21+,22-,23+,24+/m1/s1. The average Bonchev–Trinajstić information content (AvgIpc) is 3.02. The van der Waals surface area contributed by atoms with E-state index in [-0.39, 0.29) is 54.4 Å². The molecule has 0 amide bonds. The summed E-state index contributed by atoms with van der Waals surface area (Å²) in [4.78, 5) is 23.9. The highest BCUT2D eigenvalue weighted by Gasteiger charge is 2.65. The van der Waals surface area contributed by atoms with Gasteiger partial charge in [0.05, 0.1) is 24.9 Å². The van der Waals surface area contributed by atoms with Crippen molar-refractivity contribution >= 4 is 11.9 Å². The normalized spacial score (nSPS) is 49.3. The van der Waals surface area contributed by atoms with Crippen LogP contribution < -0.4 is 0 Å². The van der Waals surface area contributed by atoms with Crippen molar-refractivity contribution in [1.82, 2.24) is 0 Å². The van der Waals surface area contributed by atoms with E-state index in [1.807, 2.05) is 6.92 Å². The molecule has 1 aliphatic carbocycles. The van der Waals surface area contributed by atoms with Gasteiger partial charge in [0.1, 0.15) is 17.8 Å². The van der Waals surface area contributed by atoms with Crippen molar-refractivity contribution in [2.75, 3.05) is 6.61 Å². The second-order valence-electron chi connectivity index (χ2n) is 10.4. The van der Waals surface area contributed by atoms with Crippen molar-refractivity contribution in [1.29, 1.82) is 0 Å². The van der Waals surface area contributed by atoms with Crippen LogP contribution in [-0.2, 0) is 28.5 Å². The zero-order valence-electron chi connectivity index (χ0n) is 19.2. The number of carbonyl (C=O) groups excluding carboxylic acids is 2. The minimum absolute atomic E-state index is 0.0221. The maximum Gasteiger partial charge on any atom is 0.303 e. The maximum absolute atomic E-state index is 12.0. The number of aliphatic hydroxyl groups is 1. The molecule has 1 unspecified atom stereocenters. The van der Waals surface area contributed by atoms with Crippen LogP contribution in [-0.4, -0.2) is 59.8 Å². The molecular weight excluding hydrogens is 400 g/mol. The molecule has 7 heteroatoms. The van der Waals surface area contributed by atoms with Crippen molar-refractivity contribution in [3.05, 3.63) is 12.2 Å². The van der Waals surface area contributed by atoms with Crippen molar-refractivity contribution in [2.45, 2.75) is 90.0 Å². The molecule has 2 bridgehead atoms. The fourth-order valence-electron chi connectivity index (χ4n) is 6.72. The molecule has 4 fully saturated rings. The summed E-state index contributed by atoms with van der Waals surface area (Å²) in [6.45, 7) is 13.7. The van der Waals surface area contributed by atoms with Gasteiger partial charge in [-0.2, -0.15) is 0 Å². The molecule has 3 heterocycles. The minimum Gasteiger partial charge on any atom is -0.462 e. The summed E-state index contributed by atoms with van der Waals surface area (Å²) in [7, 11) is 0. The second kappa shape index (κ2) is 8.16. The zero-order valence-corrected chi connectivity index (χ0v) is 19.2. The average molecular weight is 437 g/mol. The van der Waals surface area contributed by atoms with Gasteiger partial charge in [-0.1, -0.05) is 20.4 Å². The first-order valence-corrected chi connectivity index (χ1v) is 11.5. The van der Waals surface area contributed by atoms with E-state index < -0.39 is 23.8 Å². The van der Waals surface area contributed by atoms with E-state index >= 15 is 0 Å². The number of hydrogen-bond donors (Lipinski definition) is 1. The Balaban J connectivity index is 1.83. The summed E-state index contributed by atoms with van der Waals surface area (Å²) < 4.78 is 24.8. The monoisotopic (exact) mass is 436 g/mol. The topological polar surface area (TPSA) is 91.3 Å². The van der Waals surface area contributed by atoms with E-state index in [1.165, 1.54) is 13.8 Å². The largest absolute Gasteiger partial charge is 0.462 e. The molecule has 7 nitrogen and oxygen atoms in total. The molecule has 3 saturated heterocycles. The second-order valence-corrected chi connectivity index (χ2v) is 10.4. The Kier molecular flexibility index (Phi) is 5.99. The maximum atomic E-state index is 12.0. The zero-order chi connectivity index (χ0) is 22.7. The Morgan fingerprint density at radius 1 is 1.10 bits per heavy atom. The number of hydrogen-bond acceptors (Lipinski definition) is 7. The lowest BCUT2D eigenvalue weighted by Crippen LogP contribution is -2.57. The molecule has 0 aromatic carbocycles. The molecule has 4 rings (SSSR count). The molecule has 0 radical (unpaired) electrons. The third kappa shape index (κ3) is 3.83. The summed E-state index contributed by atoms with van der Waals surface area (Å²) in [5.74, 6) is 0.201. The first kappa shape index (κ1) is 22.7. The van der Waals surface area contributed by atoms with Crippen LogP contribution in [0.5, 0.6) is 0 Å². The molecule has 1 saturated carbocycles. The number of carbonyl (C=O) groups is 2. The highest BCUT2D eigenvalue weighted by Crippen LogP contribution is 2.58. The van der Waals surface area contributed by atoms with Crippen LogP contribution in [0, 0.1) is 29.6 Å². The Morgan fingerprint density at radius 3 is 2.42 bits per heavy atom. The van der Waals surface area contributed by atoms with Crippen molar-refractivity contribution in [3.8, 4) is 0 Å². The van der Waals surface area contributed by atoms with Gasteiger partial charge in [0.15, 0.2) is 0 Å². The first-order valence-electron chi connectivity index (χ1n) is 11.5. The van der Waals surface area contributed by atoms with Gasteiger partial charge in [0.2, 0.25) is 0 Å². The Bertz CT molecular complexity index is 750. The van der Waals surface area contributed by atoms with E-state index in [9.17, 15) is 14.7 Å². The molecule has 4 aliphatic rings. The van der Waals surface area contributed by atoms with Crippen LogP contribution in [0.3, 0.4) is 0 Å². The van der Waals surface area contributed by atoms with E-state index in [2.05, 4.69) is 20.4 Å². The predicted molar refractivity (Wildman–Crippen MR) is 112 cm³/mol. The van der Waals surface area contributed by atoms with Crippen molar-refractivity contribution < 1.29 is 33.6 Å². The van der Waals surface area contributed by atoms with Crippen LogP contribution in [0.1, 0.15) is 53.9 Å². The quantitative estimate of drug-likeness (QED) is 0.526. The minimum atomic E-state index is -0.917. The van der Waals surface area contributed by atoms with Gasteiger partial charge < -0.3 is 24.1 Å². The van der Waals surface area contributed by atoms with Crippen LogP contribution in [0.2, 0.25) is 0 Å². The van der Waals surface area contributed by atoms with Crippen LogP contribution >= 0.6 is 0 Å². The molecule has 0 spiro atoms. The predicted octanol–water partition coefficient (Wildman–Crippen LogP) is 2.64. The molecular formula is C24H36O7. The summed E-state index contributed by atoms with van der Waals surface area (Å²) in [6, 6.07) is 0.